The van der Waals surface area contributed by atoms with Gasteiger partial charge < -0.3 is 21.3 Å². The number of halogens is 2. The third-order valence-corrected chi connectivity index (χ3v) is 1.95. The molecule has 0 aliphatic heterocycles. The van der Waals surface area contributed by atoms with E-state index in [2.05, 4.69) is 5.32 Å². The molecule has 0 aliphatic carbocycles. The first-order valence-electron chi connectivity index (χ1n) is 4.65. The lowest BCUT2D eigenvalue weighted by Crippen LogP contribution is -2.24. The van der Waals surface area contributed by atoms with E-state index < -0.39 is 0 Å². The summed E-state index contributed by atoms with van der Waals surface area (Å²) in [5.41, 5.74) is 6.31. The summed E-state index contributed by atoms with van der Waals surface area (Å²) >= 11 is 0. The van der Waals surface area contributed by atoms with E-state index in [-0.39, 0.29) is 36.3 Å². The van der Waals surface area contributed by atoms with Gasteiger partial charge in [0.15, 0.2) is 11.5 Å². The van der Waals surface area contributed by atoms with Gasteiger partial charge in [0.05, 0.1) is 0 Å². The monoisotopic (exact) mass is 268 g/mol. The second-order valence-electron chi connectivity index (χ2n) is 3.11. The van der Waals surface area contributed by atoms with Gasteiger partial charge in [0.1, 0.15) is 0 Å². The van der Waals surface area contributed by atoms with E-state index in [4.69, 9.17) is 10.8 Å². The van der Waals surface area contributed by atoms with Gasteiger partial charge in [-0.15, -0.1) is 24.8 Å². The first-order valence-corrected chi connectivity index (χ1v) is 4.65. The Hall–Kier alpha value is -0.680. The van der Waals surface area contributed by atoms with E-state index >= 15 is 0 Å². The van der Waals surface area contributed by atoms with E-state index in [0.29, 0.717) is 6.54 Å². The number of hydrogen-bond donors (Lipinski definition) is 4. The van der Waals surface area contributed by atoms with Gasteiger partial charge >= 0.3 is 0 Å². The second-order valence-corrected chi connectivity index (χ2v) is 3.11. The first kappa shape index (κ1) is 17.7. The Bertz CT molecular complexity index is 298. The van der Waals surface area contributed by atoms with Crippen molar-refractivity contribution in [3.63, 3.8) is 0 Å². The Labute approximate surface area is 108 Å². The van der Waals surface area contributed by atoms with Crippen LogP contribution in [0.3, 0.4) is 0 Å². The minimum Gasteiger partial charge on any atom is -0.504 e. The Morgan fingerprint density at radius 2 is 1.75 bits per heavy atom. The quantitative estimate of drug-likeness (QED) is 0.475. The van der Waals surface area contributed by atoms with Crippen molar-refractivity contribution in [3.8, 4) is 11.5 Å². The van der Waals surface area contributed by atoms with Gasteiger partial charge in [0.2, 0.25) is 0 Å². The van der Waals surface area contributed by atoms with E-state index in [9.17, 15) is 5.11 Å². The van der Waals surface area contributed by atoms with Crippen LogP contribution < -0.4 is 11.1 Å². The largest absolute Gasteiger partial charge is 0.504 e. The Kier molecular flexibility index (Phi) is 10.6. The van der Waals surface area contributed by atoms with Gasteiger partial charge in [-0.25, -0.2) is 0 Å². The number of nitrogens with one attached hydrogen (secondary N) is 1. The number of hydrogen-bond acceptors (Lipinski definition) is 4. The zero-order valence-corrected chi connectivity index (χ0v) is 10.5. The van der Waals surface area contributed by atoms with Crippen molar-refractivity contribution in [2.75, 3.05) is 19.6 Å². The van der Waals surface area contributed by atoms with Crippen molar-refractivity contribution in [1.29, 1.82) is 0 Å². The molecule has 0 aliphatic rings. The third-order valence-electron chi connectivity index (χ3n) is 1.95. The Balaban J connectivity index is 0. The molecule has 0 amide bonds. The maximum Gasteiger partial charge on any atom is 0.157 e. The fourth-order valence-corrected chi connectivity index (χ4v) is 1.18. The van der Waals surface area contributed by atoms with Gasteiger partial charge in [-0.05, 0) is 30.7 Å². The van der Waals surface area contributed by atoms with Crippen molar-refractivity contribution in [2.24, 2.45) is 5.73 Å². The molecular weight excluding hydrogens is 251 g/mol. The minimum absolute atomic E-state index is 0. The highest BCUT2D eigenvalue weighted by atomic mass is 35.5. The van der Waals surface area contributed by atoms with E-state index in [1.165, 1.54) is 6.07 Å². The average Bonchev–Trinajstić information content (AvgIpc) is 2.18. The van der Waals surface area contributed by atoms with Crippen LogP contribution in [0.1, 0.15) is 5.56 Å². The number of rotatable bonds is 5. The molecular formula is C10H18Cl2N2O2. The molecule has 0 heterocycles. The van der Waals surface area contributed by atoms with Crippen LogP contribution in [0.4, 0.5) is 0 Å². The fraction of sp³-hybridized carbons (Fsp3) is 0.400. The van der Waals surface area contributed by atoms with E-state index in [1.807, 2.05) is 0 Å². The van der Waals surface area contributed by atoms with Crippen LogP contribution in [0.15, 0.2) is 18.2 Å². The topological polar surface area (TPSA) is 78.5 Å². The number of benzene rings is 1. The SMILES string of the molecule is Cl.Cl.NCCNCCc1ccc(O)c(O)c1. The van der Waals surface area contributed by atoms with E-state index in [1.54, 1.807) is 12.1 Å². The Morgan fingerprint density at radius 3 is 2.31 bits per heavy atom. The summed E-state index contributed by atoms with van der Waals surface area (Å²) in [4.78, 5) is 0. The van der Waals surface area contributed by atoms with Gasteiger partial charge in [-0.1, -0.05) is 6.07 Å². The number of nitrogens with two attached hydrogens (primary N) is 1. The van der Waals surface area contributed by atoms with Crippen molar-refractivity contribution >= 4 is 24.8 Å². The lowest BCUT2D eigenvalue weighted by molar-refractivity contribution is 0.403. The highest BCUT2D eigenvalue weighted by Gasteiger charge is 1.99. The molecule has 0 aromatic heterocycles. The first-order chi connectivity index (χ1) is 6.74. The third kappa shape index (κ3) is 6.02. The van der Waals surface area contributed by atoms with Crippen molar-refractivity contribution in [1.82, 2.24) is 5.32 Å². The summed E-state index contributed by atoms with van der Waals surface area (Å²) in [5, 5.41) is 21.4. The van der Waals surface area contributed by atoms with Gasteiger partial charge in [-0.3, -0.25) is 0 Å². The van der Waals surface area contributed by atoms with Crippen LogP contribution >= 0.6 is 24.8 Å². The average molecular weight is 269 g/mol. The molecule has 0 atom stereocenters. The van der Waals surface area contributed by atoms with Crippen molar-refractivity contribution in [2.45, 2.75) is 6.42 Å². The predicted molar refractivity (Wildman–Crippen MR) is 69.9 cm³/mol. The highest BCUT2D eigenvalue weighted by Crippen LogP contribution is 2.24. The summed E-state index contributed by atoms with van der Waals surface area (Å²) in [6.07, 6.45) is 0.813. The maximum atomic E-state index is 9.21. The number of phenolic OH excluding ortho intramolecular Hbond substituents is 2. The summed E-state index contributed by atoms with van der Waals surface area (Å²) in [6.45, 7) is 2.24. The zero-order chi connectivity index (χ0) is 10.4. The standard InChI is InChI=1S/C10H16N2O2.2ClH/c11-4-6-12-5-3-8-1-2-9(13)10(14)7-8;;/h1-2,7,12-14H,3-6,11H2;2*1H. The minimum atomic E-state index is -0.0799. The van der Waals surface area contributed by atoms with Crippen LogP contribution in [-0.4, -0.2) is 29.8 Å². The zero-order valence-electron chi connectivity index (χ0n) is 8.85. The highest BCUT2D eigenvalue weighted by molar-refractivity contribution is 5.85. The van der Waals surface area contributed by atoms with Gasteiger partial charge in [0.25, 0.3) is 0 Å². The molecule has 0 radical (unpaired) electrons. The molecule has 0 unspecified atom stereocenters. The molecule has 4 nitrogen and oxygen atoms in total. The molecule has 0 saturated carbocycles. The normalized spacial score (nSPS) is 9.06. The molecule has 6 heteroatoms. The van der Waals surface area contributed by atoms with Gasteiger partial charge in [0, 0.05) is 13.1 Å². The van der Waals surface area contributed by atoms with Crippen LogP contribution in [0.25, 0.3) is 0 Å². The molecule has 0 fully saturated rings. The molecule has 0 bridgehead atoms. The lowest BCUT2D eigenvalue weighted by atomic mass is 10.1. The fourth-order valence-electron chi connectivity index (χ4n) is 1.18. The smallest absolute Gasteiger partial charge is 0.157 e. The lowest BCUT2D eigenvalue weighted by Gasteiger charge is -2.04. The molecule has 1 aromatic carbocycles. The molecule has 16 heavy (non-hydrogen) atoms. The number of phenols is 2. The molecule has 1 rings (SSSR count). The van der Waals surface area contributed by atoms with Crippen molar-refractivity contribution in [3.05, 3.63) is 23.8 Å². The predicted octanol–water partition coefficient (Wildman–Crippen LogP) is 1.03. The molecule has 0 spiro atoms. The van der Waals surface area contributed by atoms with Crippen LogP contribution in [-0.2, 0) is 6.42 Å². The molecule has 94 valence electrons. The number of aromatic hydroxyl groups is 2. The Morgan fingerprint density at radius 1 is 1.06 bits per heavy atom. The van der Waals surface area contributed by atoms with Crippen LogP contribution in [0.2, 0.25) is 0 Å². The van der Waals surface area contributed by atoms with Crippen LogP contribution in [0, 0.1) is 0 Å². The van der Waals surface area contributed by atoms with Gasteiger partial charge in [-0.2, -0.15) is 0 Å². The van der Waals surface area contributed by atoms with E-state index in [0.717, 1.165) is 25.1 Å². The second kappa shape index (κ2) is 9.54. The molecule has 0 saturated heterocycles. The molecule has 1 aromatic rings. The summed E-state index contributed by atoms with van der Waals surface area (Å²) in [6, 6.07) is 4.85. The molecule has 5 N–H and O–H groups in total. The summed E-state index contributed by atoms with van der Waals surface area (Å²) < 4.78 is 0. The summed E-state index contributed by atoms with van der Waals surface area (Å²) in [7, 11) is 0. The maximum absolute atomic E-state index is 9.21. The summed E-state index contributed by atoms with van der Waals surface area (Å²) in [5.74, 6) is -0.148. The van der Waals surface area contributed by atoms with Crippen molar-refractivity contribution < 1.29 is 10.2 Å². The van der Waals surface area contributed by atoms with Crippen LogP contribution in [0.5, 0.6) is 11.5 Å².